The zero-order chi connectivity index (χ0) is 10.7. The fourth-order valence-electron chi connectivity index (χ4n) is 0.963. The average Bonchev–Trinajstić information content (AvgIpc) is 2.16. The summed E-state index contributed by atoms with van der Waals surface area (Å²) in [6.07, 6.45) is 0. The molecule has 1 aromatic rings. The van der Waals surface area contributed by atoms with E-state index in [0.29, 0.717) is 0 Å². The normalized spacial score (nSPS) is 9.86. The molecule has 0 aromatic heterocycles. The molecule has 1 rings (SSSR count). The zero-order valence-corrected chi connectivity index (χ0v) is 8.45. The van der Waals surface area contributed by atoms with E-state index >= 15 is 0 Å². The highest BCUT2D eigenvalue weighted by molar-refractivity contribution is 9.09. The summed E-state index contributed by atoms with van der Waals surface area (Å²) in [5.74, 6) is -1.18. The lowest BCUT2D eigenvalue weighted by Crippen LogP contribution is -2.05. The standard InChI is InChI=1S/C8H5BrFNO3/c9-4-8(12)6-3-5(10)1-2-7(6)11(13)14/h1-3H,4H2. The van der Waals surface area contributed by atoms with Gasteiger partial charge in [-0.1, -0.05) is 15.9 Å². The second kappa shape index (κ2) is 4.28. The van der Waals surface area contributed by atoms with Crippen LogP contribution in [0.5, 0.6) is 0 Å². The second-order valence-electron chi connectivity index (χ2n) is 2.48. The first-order valence-electron chi connectivity index (χ1n) is 3.59. The number of halogens is 2. The summed E-state index contributed by atoms with van der Waals surface area (Å²) in [5.41, 5.74) is -0.595. The van der Waals surface area contributed by atoms with Crippen LogP contribution in [0, 0.1) is 15.9 Å². The first kappa shape index (κ1) is 10.8. The molecule has 0 heterocycles. The Hall–Kier alpha value is -1.30. The predicted octanol–water partition coefficient (Wildman–Crippen LogP) is 2.31. The van der Waals surface area contributed by atoms with Crippen molar-refractivity contribution in [1.29, 1.82) is 0 Å². The molecule has 0 spiro atoms. The Morgan fingerprint density at radius 3 is 2.71 bits per heavy atom. The van der Waals surface area contributed by atoms with Crippen molar-refractivity contribution in [2.75, 3.05) is 5.33 Å². The van der Waals surface area contributed by atoms with Gasteiger partial charge in [-0.25, -0.2) is 4.39 Å². The fourth-order valence-corrected chi connectivity index (χ4v) is 1.26. The lowest BCUT2D eigenvalue weighted by atomic mass is 10.1. The SMILES string of the molecule is O=C(CBr)c1cc(F)ccc1[N+](=O)[O-]. The van der Waals surface area contributed by atoms with Crippen molar-refractivity contribution < 1.29 is 14.1 Å². The molecule has 0 atom stereocenters. The molecule has 0 amide bonds. The van der Waals surface area contributed by atoms with Gasteiger partial charge in [-0.15, -0.1) is 0 Å². The molecular weight excluding hydrogens is 257 g/mol. The molecule has 0 aliphatic carbocycles. The summed E-state index contributed by atoms with van der Waals surface area (Å²) in [4.78, 5) is 20.9. The van der Waals surface area contributed by atoms with E-state index in [1.165, 1.54) is 0 Å². The minimum Gasteiger partial charge on any atom is -0.293 e. The van der Waals surface area contributed by atoms with E-state index in [1.54, 1.807) is 0 Å². The van der Waals surface area contributed by atoms with Crippen LogP contribution >= 0.6 is 15.9 Å². The van der Waals surface area contributed by atoms with E-state index in [9.17, 15) is 19.3 Å². The lowest BCUT2D eigenvalue weighted by Gasteiger charge is -1.99. The number of nitro benzene ring substituents is 1. The molecule has 1 aromatic carbocycles. The molecular formula is C8H5BrFNO3. The van der Waals surface area contributed by atoms with Gasteiger partial charge in [0.1, 0.15) is 5.82 Å². The van der Waals surface area contributed by atoms with E-state index in [-0.39, 0.29) is 16.6 Å². The van der Waals surface area contributed by atoms with Gasteiger partial charge < -0.3 is 0 Å². The topological polar surface area (TPSA) is 60.2 Å². The molecule has 0 N–H and O–H groups in total. The maximum atomic E-state index is 12.7. The summed E-state index contributed by atoms with van der Waals surface area (Å²) in [5, 5.41) is 10.4. The third-order valence-corrected chi connectivity index (χ3v) is 2.09. The van der Waals surface area contributed by atoms with Gasteiger partial charge in [-0.3, -0.25) is 14.9 Å². The number of hydrogen-bond donors (Lipinski definition) is 0. The van der Waals surface area contributed by atoms with Gasteiger partial charge in [-0.2, -0.15) is 0 Å². The Morgan fingerprint density at radius 2 is 2.21 bits per heavy atom. The molecule has 4 nitrogen and oxygen atoms in total. The van der Waals surface area contributed by atoms with Crippen molar-refractivity contribution >= 4 is 27.4 Å². The van der Waals surface area contributed by atoms with Gasteiger partial charge in [0.2, 0.25) is 0 Å². The first-order chi connectivity index (χ1) is 6.56. The van der Waals surface area contributed by atoms with E-state index < -0.39 is 16.5 Å². The van der Waals surface area contributed by atoms with E-state index in [0.717, 1.165) is 18.2 Å². The second-order valence-corrected chi connectivity index (χ2v) is 3.04. The van der Waals surface area contributed by atoms with Crippen LogP contribution in [-0.2, 0) is 0 Å². The molecule has 0 saturated carbocycles. The maximum absolute atomic E-state index is 12.7. The molecule has 0 aliphatic rings. The number of hydrogen-bond acceptors (Lipinski definition) is 3. The molecule has 0 fully saturated rings. The number of carbonyl (C=O) groups excluding carboxylic acids is 1. The van der Waals surface area contributed by atoms with Gasteiger partial charge in [0, 0.05) is 6.07 Å². The quantitative estimate of drug-likeness (QED) is 0.363. The van der Waals surface area contributed by atoms with Crippen LogP contribution in [-0.4, -0.2) is 16.0 Å². The predicted molar refractivity (Wildman–Crippen MR) is 51.2 cm³/mol. The lowest BCUT2D eigenvalue weighted by molar-refractivity contribution is -0.385. The molecule has 0 unspecified atom stereocenters. The first-order valence-corrected chi connectivity index (χ1v) is 4.71. The monoisotopic (exact) mass is 261 g/mol. The molecule has 0 aliphatic heterocycles. The number of Topliss-reactive ketones (excluding diaryl/α,β-unsaturated/α-hetero) is 1. The number of benzene rings is 1. The summed E-state index contributed by atoms with van der Waals surface area (Å²) in [6.45, 7) is 0. The smallest absolute Gasteiger partial charge is 0.280 e. The van der Waals surface area contributed by atoms with E-state index in [2.05, 4.69) is 15.9 Å². The number of alkyl halides is 1. The van der Waals surface area contributed by atoms with Crippen LogP contribution in [0.2, 0.25) is 0 Å². The van der Waals surface area contributed by atoms with Crippen LogP contribution in [0.25, 0.3) is 0 Å². The summed E-state index contributed by atoms with van der Waals surface area (Å²) in [6, 6.07) is 2.79. The summed E-state index contributed by atoms with van der Waals surface area (Å²) < 4.78 is 12.7. The van der Waals surface area contributed by atoms with E-state index in [4.69, 9.17) is 0 Å². The summed E-state index contributed by atoms with van der Waals surface area (Å²) >= 11 is 2.86. The Labute approximate surface area is 87.0 Å². The minimum absolute atomic E-state index is 0.0721. The average molecular weight is 262 g/mol. The highest BCUT2D eigenvalue weighted by atomic mass is 79.9. The van der Waals surface area contributed by atoms with E-state index in [1.807, 2.05) is 0 Å². The molecule has 6 heteroatoms. The third kappa shape index (κ3) is 2.14. The minimum atomic E-state index is -0.713. The van der Waals surface area contributed by atoms with Crippen molar-refractivity contribution in [2.45, 2.75) is 0 Å². The van der Waals surface area contributed by atoms with Crippen LogP contribution in [0.15, 0.2) is 18.2 Å². The number of carbonyl (C=O) groups is 1. The Kier molecular flexibility index (Phi) is 3.29. The van der Waals surface area contributed by atoms with Gasteiger partial charge in [0.15, 0.2) is 5.78 Å². The molecule has 14 heavy (non-hydrogen) atoms. The highest BCUT2D eigenvalue weighted by Crippen LogP contribution is 2.20. The van der Waals surface area contributed by atoms with Crippen LogP contribution in [0.1, 0.15) is 10.4 Å². The summed E-state index contributed by atoms with van der Waals surface area (Å²) in [7, 11) is 0. The van der Waals surface area contributed by atoms with Gasteiger partial charge >= 0.3 is 0 Å². The van der Waals surface area contributed by atoms with Crippen LogP contribution in [0.4, 0.5) is 10.1 Å². The third-order valence-electron chi connectivity index (χ3n) is 1.58. The van der Waals surface area contributed by atoms with Crippen molar-refractivity contribution in [3.05, 3.63) is 39.7 Å². The fraction of sp³-hybridized carbons (Fsp3) is 0.125. The Morgan fingerprint density at radius 1 is 1.57 bits per heavy atom. The van der Waals surface area contributed by atoms with Crippen molar-refractivity contribution in [3.63, 3.8) is 0 Å². The number of ketones is 1. The number of nitrogens with zero attached hydrogens (tertiary/aromatic N) is 1. The molecule has 74 valence electrons. The molecule has 0 radical (unpaired) electrons. The van der Waals surface area contributed by atoms with Crippen molar-refractivity contribution in [3.8, 4) is 0 Å². The van der Waals surface area contributed by atoms with Gasteiger partial charge in [0.05, 0.1) is 15.8 Å². The zero-order valence-electron chi connectivity index (χ0n) is 6.87. The van der Waals surface area contributed by atoms with Crippen LogP contribution in [0.3, 0.4) is 0 Å². The molecule has 0 saturated heterocycles. The Bertz CT molecular complexity index is 394. The largest absolute Gasteiger partial charge is 0.293 e. The van der Waals surface area contributed by atoms with Crippen molar-refractivity contribution in [1.82, 2.24) is 0 Å². The highest BCUT2D eigenvalue weighted by Gasteiger charge is 2.19. The number of nitro groups is 1. The number of rotatable bonds is 3. The van der Waals surface area contributed by atoms with Gasteiger partial charge in [-0.05, 0) is 12.1 Å². The molecule has 0 bridgehead atoms. The van der Waals surface area contributed by atoms with Gasteiger partial charge in [0.25, 0.3) is 5.69 Å². The van der Waals surface area contributed by atoms with Crippen LogP contribution < -0.4 is 0 Å². The Balaban J connectivity index is 3.29. The maximum Gasteiger partial charge on any atom is 0.280 e. The van der Waals surface area contributed by atoms with Crippen molar-refractivity contribution in [2.24, 2.45) is 0 Å².